The Kier molecular flexibility index (Phi) is 6.00. The molecule has 3 rings (SSSR count). The molecule has 2 aromatic carbocycles. The van der Waals surface area contributed by atoms with Crippen LogP contribution in [0, 0.1) is 10.1 Å². The molecule has 9 nitrogen and oxygen atoms in total. The molecule has 3 aromatic rings. The molecule has 1 amide bonds. The number of nitrogens with zero attached hydrogens (tertiary/aromatic N) is 3. The summed E-state index contributed by atoms with van der Waals surface area (Å²) in [6.07, 6.45) is 1.18. The van der Waals surface area contributed by atoms with Crippen molar-refractivity contribution in [2.75, 3.05) is 11.9 Å². The summed E-state index contributed by atoms with van der Waals surface area (Å²) in [6.45, 7) is 1.68. The first-order valence-electron chi connectivity index (χ1n) is 8.35. The number of halogens is 2. The Balaban J connectivity index is 1.87. The fraction of sp³-hybridized carbons (Fsp3) is 0.167. The van der Waals surface area contributed by atoms with Crippen LogP contribution >= 0.6 is 23.2 Å². The van der Waals surface area contributed by atoms with E-state index in [1.165, 1.54) is 36.7 Å². The van der Waals surface area contributed by atoms with E-state index in [9.17, 15) is 19.7 Å². The van der Waals surface area contributed by atoms with Gasteiger partial charge < -0.3 is 10.1 Å². The van der Waals surface area contributed by atoms with Crippen LogP contribution in [0.15, 0.2) is 41.5 Å². The highest BCUT2D eigenvalue weighted by Crippen LogP contribution is 2.29. The van der Waals surface area contributed by atoms with E-state index in [2.05, 4.69) is 10.3 Å². The zero-order valence-electron chi connectivity index (χ0n) is 15.0. The number of rotatable bonds is 6. The van der Waals surface area contributed by atoms with Crippen molar-refractivity contribution in [2.24, 2.45) is 0 Å². The standard InChI is InChI=1S/C18H14Cl2N4O5/c1-2-29-11-3-4-14(15(7-11)24(27)28)22-16(25)8-23-9-21-17-12(18(23)26)5-10(19)6-13(17)20/h3-7,9H,2,8H2,1H3,(H,22,25). The third-order valence-electron chi connectivity index (χ3n) is 3.91. The van der Waals surface area contributed by atoms with Crippen molar-refractivity contribution in [3.63, 3.8) is 0 Å². The van der Waals surface area contributed by atoms with Gasteiger partial charge >= 0.3 is 0 Å². The molecule has 0 aliphatic carbocycles. The van der Waals surface area contributed by atoms with E-state index in [0.717, 1.165) is 4.57 Å². The predicted octanol–water partition coefficient (Wildman–Crippen LogP) is 3.65. The molecule has 1 aromatic heterocycles. The van der Waals surface area contributed by atoms with E-state index in [1.54, 1.807) is 6.92 Å². The highest BCUT2D eigenvalue weighted by Gasteiger charge is 2.18. The van der Waals surface area contributed by atoms with Crippen LogP contribution in [-0.2, 0) is 11.3 Å². The van der Waals surface area contributed by atoms with Gasteiger partial charge in [0.05, 0.1) is 39.8 Å². The lowest BCUT2D eigenvalue weighted by atomic mass is 10.2. The highest BCUT2D eigenvalue weighted by molar-refractivity contribution is 6.38. The molecule has 0 aliphatic rings. The van der Waals surface area contributed by atoms with Gasteiger partial charge in [-0.15, -0.1) is 0 Å². The van der Waals surface area contributed by atoms with Crippen LogP contribution in [0.4, 0.5) is 11.4 Å². The van der Waals surface area contributed by atoms with Gasteiger partial charge in [0.15, 0.2) is 0 Å². The van der Waals surface area contributed by atoms with E-state index in [4.69, 9.17) is 27.9 Å². The molecule has 0 saturated carbocycles. The molecule has 29 heavy (non-hydrogen) atoms. The Morgan fingerprint density at radius 1 is 1.31 bits per heavy atom. The summed E-state index contributed by atoms with van der Waals surface area (Å²) in [5.41, 5.74) is -0.598. The topological polar surface area (TPSA) is 116 Å². The summed E-state index contributed by atoms with van der Waals surface area (Å²) in [7, 11) is 0. The molecule has 0 radical (unpaired) electrons. The van der Waals surface area contributed by atoms with Crippen LogP contribution in [0.5, 0.6) is 5.75 Å². The van der Waals surface area contributed by atoms with Crippen molar-refractivity contribution in [3.8, 4) is 5.75 Å². The molecule has 0 saturated heterocycles. The third kappa shape index (κ3) is 4.47. The Bertz CT molecular complexity index is 1180. The monoisotopic (exact) mass is 436 g/mol. The average Bonchev–Trinajstić information content (AvgIpc) is 2.65. The smallest absolute Gasteiger partial charge is 0.296 e. The first-order valence-corrected chi connectivity index (χ1v) is 9.11. The van der Waals surface area contributed by atoms with Crippen molar-refractivity contribution in [3.05, 3.63) is 67.2 Å². The fourth-order valence-corrected chi connectivity index (χ4v) is 3.22. The molecular formula is C18H14Cl2N4O5. The van der Waals surface area contributed by atoms with Gasteiger partial charge in [0.1, 0.15) is 18.0 Å². The number of amides is 1. The normalized spacial score (nSPS) is 10.7. The molecule has 1 N–H and O–H groups in total. The number of ether oxygens (including phenoxy) is 1. The second-order valence-corrected chi connectivity index (χ2v) is 6.72. The van der Waals surface area contributed by atoms with Crippen LogP contribution in [0.1, 0.15) is 6.92 Å². The second kappa shape index (κ2) is 8.46. The SMILES string of the molecule is CCOc1ccc(NC(=O)Cn2cnc3c(Cl)cc(Cl)cc3c2=O)c([N+](=O)[O-])c1. The molecule has 11 heteroatoms. The van der Waals surface area contributed by atoms with Crippen molar-refractivity contribution in [1.29, 1.82) is 0 Å². The number of nitro groups is 1. The summed E-state index contributed by atoms with van der Waals surface area (Å²) in [4.78, 5) is 39.7. The number of hydrogen-bond acceptors (Lipinski definition) is 6. The van der Waals surface area contributed by atoms with Crippen molar-refractivity contribution >= 4 is 51.4 Å². The Morgan fingerprint density at radius 2 is 2.07 bits per heavy atom. The van der Waals surface area contributed by atoms with E-state index >= 15 is 0 Å². The van der Waals surface area contributed by atoms with E-state index in [0.29, 0.717) is 12.4 Å². The fourth-order valence-electron chi connectivity index (χ4n) is 2.68. The maximum atomic E-state index is 12.6. The van der Waals surface area contributed by atoms with Gasteiger partial charge in [-0.1, -0.05) is 23.2 Å². The lowest BCUT2D eigenvalue weighted by molar-refractivity contribution is -0.384. The van der Waals surface area contributed by atoms with Gasteiger partial charge in [-0.25, -0.2) is 4.98 Å². The molecule has 0 spiro atoms. The minimum Gasteiger partial charge on any atom is -0.494 e. The van der Waals surface area contributed by atoms with Gasteiger partial charge in [0.2, 0.25) is 5.91 Å². The number of nitrogens with one attached hydrogen (secondary N) is 1. The first kappa shape index (κ1) is 20.6. The Labute approximate surface area is 174 Å². The summed E-state index contributed by atoms with van der Waals surface area (Å²) in [5, 5.41) is 14.4. The van der Waals surface area contributed by atoms with Gasteiger partial charge in [-0.05, 0) is 31.2 Å². The zero-order valence-corrected chi connectivity index (χ0v) is 16.5. The highest BCUT2D eigenvalue weighted by atomic mass is 35.5. The molecule has 0 atom stereocenters. The van der Waals surface area contributed by atoms with Crippen molar-refractivity contribution < 1.29 is 14.5 Å². The van der Waals surface area contributed by atoms with Crippen LogP contribution in [0.25, 0.3) is 10.9 Å². The number of carbonyl (C=O) groups is 1. The Morgan fingerprint density at radius 3 is 2.76 bits per heavy atom. The van der Waals surface area contributed by atoms with E-state index in [1.807, 2.05) is 0 Å². The maximum absolute atomic E-state index is 12.6. The van der Waals surface area contributed by atoms with Crippen molar-refractivity contribution in [1.82, 2.24) is 9.55 Å². The molecule has 0 aliphatic heterocycles. The molecule has 150 valence electrons. The third-order valence-corrected chi connectivity index (χ3v) is 4.42. The minimum absolute atomic E-state index is 0.0173. The van der Waals surface area contributed by atoms with Crippen molar-refractivity contribution in [2.45, 2.75) is 13.5 Å². The molecular weight excluding hydrogens is 423 g/mol. The predicted molar refractivity (Wildman–Crippen MR) is 109 cm³/mol. The minimum atomic E-state index is -0.645. The Hall–Kier alpha value is -3.17. The van der Waals surface area contributed by atoms with Gasteiger partial charge in [-0.3, -0.25) is 24.3 Å². The van der Waals surface area contributed by atoms with Gasteiger partial charge in [0.25, 0.3) is 11.2 Å². The van der Waals surface area contributed by atoms with Gasteiger partial charge in [-0.2, -0.15) is 0 Å². The molecule has 0 unspecified atom stereocenters. The summed E-state index contributed by atoms with van der Waals surface area (Å²) < 4.78 is 6.30. The summed E-state index contributed by atoms with van der Waals surface area (Å²) in [5.74, 6) is -0.338. The maximum Gasteiger partial charge on any atom is 0.296 e. The molecule has 1 heterocycles. The number of hydrogen-bond donors (Lipinski definition) is 1. The lowest BCUT2D eigenvalue weighted by Crippen LogP contribution is -2.28. The second-order valence-electron chi connectivity index (χ2n) is 5.88. The zero-order chi connectivity index (χ0) is 21.1. The molecule has 0 bridgehead atoms. The number of benzene rings is 2. The van der Waals surface area contributed by atoms with Gasteiger partial charge in [0, 0.05) is 5.02 Å². The summed E-state index contributed by atoms with van der Waals surface area (Å²) >= 11 is 12.0. The number of fused-ring (bicyclic) bond motifs is 1. The largest absolute Gasteiger partial charge is 0.494 e. The number of aromatic nitrogens is 2. The van der Waals surface area contributed by atoms with E-state index in [-0.39, 0.29) is 32.3 Å². The first-order chi connectivity index (χ1) is 13.8. The summed E-state index contributed by atoms with van der Waals surface area (Å²) in [6, 6.07) is 6.94. The molecule has 0 fully saturated rings. The average molecular weight is 437 g/mol. The lowest BCUT2D eigenvalue weighted by Gasteiger charge is -2.10. The number of anilines is 1. The number of nitro benzene ring substituents is 1. The van der Waals surface area contributed by atoms with Crippen LogP contribution < -0.4 is 15.6 Å². The number of carbonyl (C=O) groups excluding carboxylic acids is 1. The quantitative estimate of drug-likeness (QED) is 0.465. The van der Waals surface area contributed by atoms with Crippen LogP contribution in [-0.4, -0.2) is 27.0 Å². The van der Waals surface area contributed by atoms with E-state index < -0.39 is 22.9 Å². The van der Waals surface area contributed by atoms with Crippen LogP contribution in [0.3, 0.4) is 0 Å². The van der Waals surface area contributed by atoms with Crippen LogP contribution in [0.2, 0.25) is 10.0 Å².